The van der Waals surface area contributed by atoms with E-state index in [4.69, 9.17) is 32.7 Å². The van der Waals surface area contributed by atoms with E-state index in [0.29, 0.717) is 5.57 Å². The molecule has 0 saturated heterocycles. The van der Waals surface area contributed by atoms with Crippen molar-refractivity contribution in [1.82, 2.24) is 0 Å². The van der Waals surface area contributed by atoms with E-state index in [-0.39, 0.29) is 62.7 Å². The minimum atomic E-state index is -4.69. The molecule has 1 atom stereocenters. The Bertz CT molecular complexity index is 1280. The lowest BCUT2D eigenvalue weighted by atomic mass is 9.99. The first-order valence-electron chi connectivity index (χ1n) is 12.0. The standard InChI is InChI=1S/C28H25Cl2F5O4S/c1-3-20(29)18(21(30)4-2)14-23(39-27(36)40-25-8-6-5-7-19(25)28(33,34)35)17-11-12-22(38-26(31)32)24(13-17)37-15-16-9-10-16/h3-8,11-13,16,23,26H,1,9-10,14-15H2,2H3/b20-18+,21-4+/t23-/m0/s1. The maximum absolute atomic E-state index is 13.5. The molecular formula is C28H25Cl2F5O4S. The fourth-order valence-corrected chi connectivity index (χ4v) is 4.75. The van der Waals surface area contributed by atoms with E-state index in [0.717, 1.165) is 25.0 Å². The van der Waals surface area contributed by atoms with Gasteiger partial charge in [0.1, 0.15) is 6.10 Å². The lowest BCUT2D eigenvalue weighted by molar-refractivity contribution is -0.139. The molecule has 1 aliphatic carbocycles. The Morgan fingerprint density at radius 2 is 1.85 bits per heavy atom. The number of hydrogen-bond acceptors (Lipinski definition) is 5. The van der Waals surface area contributed by atoms with Crippen LogP contribution in [-0.4, -0.2) is 18.5 Å². The predicted molar refractivity (Wildman–Crippen MR) is 145 cm³/mol. The van der Waals surface area contributed by atoms with Crippen molar-refractivity contribution in [2.75, 3.05) is 6.61 Å². The quantitative estimate of drug-likeness (QED) is 0.102. The average molecular weight is 623 g/mol. The summed E-state index contributed by atoms with van der Waals surface area (Å²) in [5, 5.41) is -0.660. The number of thioether (sulfide) groups is 1. The summed E-state index contributed by atoms with van der Waals surface area (Å²) in [6.07, 6.45) is -1.18. The number of carbonyl (C=O) groups excluding carboxylic acids is 1. The van der Waals surface area contributed by atoms with Gasteiger partial charge in [-0.1, -0.05) is 60.1 Å². The van der Waals surface area contributed by atoms with E-state index in [1.54, 1.807) is 13.0 Å². The van der Waals surface area contributed by atoms with Gasteiger partial charge in [0.15, 0.2) is 11.5 Å². The summed E-state index contributed by atoms with van der Waals surface area (Å²) in [5.74, 6) is 0.0684. The fourth-order valence-electron chi connectivity index (χ4n) is 3.56. The van der Waals surface area contributed by atoms with Gasteiger partial charge in [0.05, 0.1) is 12.2 Å². The number of rotatable bonds is 12. The van der Waals surface area contributed by atoms with Gasteiger partial charge in [-0.05, 0) is 72.8 Å². The second-order valence-electron chi connectivity index (χ2n) is 8.66. The second-order valence-corrected chi connectivity index (χ2v) is 10.5. The van der Waals surface area contributed by atoms with Crippen LogP contribution in [0.2, 0.25) is 0 Å². The summed E-state index contributed by atoms with van der Waals surface area (Å²) >= 11 is 12.9. The summed E-state index contributed by atoms with van der Waals surface area (Å²) in [5.41, 5.74) is -0.366. The minimum Gasteiger partial charge on any atom is -0.489 e. The van der Waals surface area contributed by atoms with Crippen molar-refractivity contribution < 1.29 is 41.0 Å². The molecule has 0 bridgehead atoms. The summed E-state index contributed by atoms with van der Waals surface area (Å²) < 4.78 is 82.4. The third-order valence-electron chi connectivity index (χ3n) is 5.75. The highest BCUT2D eigenvalue weighted by Crippen LogP contribution is 2.41. The van der Waals surface area contributed by atoms with Gasteiger partial charge in [-0.2, -0.15) is 22.0 Å². The molecule has 3 rings (SSSR count). The van der Waals surface area contributed by atoms with E-state index >= 15 is 0 Å². The third-order valence-corrected chi connectivity index (χ3v) is 7.42. The van der Waals surface area contributed by atoms with Gasteiger partial charge < -0.3 is 14.2 Å². The van der Waals surface area contributed by atoms with Gasteiger partial charge in [0, 0.05) is 21.4 Å². The number of alkyl halides is 5. The van der Waals surface area contributed by atoms with Crippen LogP contribution in [0.4, 0.5) is 26.7 Å². The summed E-state index contributed by atoms with van der Waals surface area (Å²) in [7, 11) is 0. The van der Waals surface area contributed by atoms with Crippen molar-refractivity contribution in [3.8, 4) is 11.5 Å². The van der Waals surface area contributed by atoms with Crippen LogP contribution >= 0.6 is 35.0 Å². The van der Waals surface area contributed by atoms with Crippen LogP contribution in [0, 0.1) is 5.92 Å². The molecule has 2 aromatic carbocycles. The van der Waals surface area contributed by atoms with Crippen molar-refractivity contribution in [1.29, 1.82) is 0 Å². The Morgan fingerprint density at radius 3 is 2.45 bits per heavy atom. The van der Waals surface area contributed by atoms with Gasteiger partial charge in [0.2, 0.25) is 0 Å². The van der Waals surface area contributed by atoms with Crippen molar-refractivity contribution in [3.63, 3.8) is 0 Å². The molecule has 12 heteroatoms. The highest BCUT2D eigenvalue weighted by Gasteiger charge is 2.34. The van der Waals surface area contributed by atoms with E-state index in [1.165, 1.54) is 36.4 Å². The molecule has 0 radical (unpaired) electrons. The molecule has 1 fully saturated rings. The molecule has 4 nitrogen and oxygen atoms in total. The van der Waals surface area contributed by atoms with Crippen LogP contribution in [-0.2, 0) is 10.9 Å². The fraction of sp³-hybridized carbons (Fsp3) is 0.321. The number of allylic oxidation sites excluding steroid dienone is 4. The first-order valence-corrected chi connectivity index (χ1v) is 13.6. The molecule has 0 heterocycles. The molecular weight excluding hydrogens is 598 g/mol. The molecule has 1 aliphatic rings. The lowest BCUT2D eigenvalue weighted by Gasteiger charge is -2.22. The zero-order valence-corrected chi connectivity index (χ0v) is 23.5. The lowest BCUT2D eigenvalue weighted by Crippen LogP contribution is -2.12. The number of ether oxygens (including phenoxy) is 3. The van der Waals surface area contributed by atoms with E-state index in [1.807, 2.05) is 0 Å². The molecule has 0 aliphatic heterocycles. The molecule has 216 valence electrons. The van der Waals surface area contributed by atoms with Gasteiger partial charge in [0.25, 0.3) is 0 Å². The first kappa shape index (κ1) is 31.8. The van der Waals surface area contributed by atoms with Crippen LogP contribution in [0.25, 0.3) is 0 Å². The van der Waals surface area contributed by atoms with Crippen LogP contribution in [0.3, 0.4) is 0 Å². The first-order chi connectivity index (χ1) is 18.9. The molecule has 40 heavy (non-hydrogen) atoms. The number of carbonyl (C=O) groups is 1. The Balaban J connectivity index is 1.99. The average Bonchev–Trinajstić information content (AvgIpc) is 3.73. The molecule has 0 amide bonds. The third kappa shape index (κ3) is 9.17. The minimum absolute atomic E-state index is 0.00158. The predicted octanol–water partition coefficient (Wildman–Crippen LogP) is 10.3. The molecule has 2 aromatic rings. The van der Waals surface area contributed by atoms with Crippen molar-refractivity contribution in [3.05, 3.63) is 88.0 Å². The molecule has 1 saturated carbocycles. The molecule has 0 N–H and O–H groups in total. The number of hydrogen-bond donors (Lipinski definition) is 0. The monoisotopic (exact) mass is 622 g/mol. The number of benzene rings is 2. The Labute approximate surface area is 242 Å². The normalized spacial score (nSPS) is 15.4. The maximum Gasteiger partial charge on any atom is 0.417 e. The second kappa shape index (κ2) is 14.3. The van der Waals surface area contributed by atoms with Gasteiger partial charge in [-0.3, -0.25) is 0 Å². The van der Waals surface area contributed by atoms with Crippen LogP contribution in [0.1, 0.15) is 43.4 Å². The summed E-state index contributed by atoms with van der Waals surface area (Å²) in [4.78, 5) is 12.6. The molecule has 0 unspecified atom stereocenters. The zero-order valence-electron chi connectivity index (χ0n) is 21.2. The Hall–Kier alpha value is -2.69. The zero-order chi connectivity index (χ0) is 29.4. The van der Waals surface area contributed by atoms with Gasteiger partial charge in [-0.25, -0.2) is 4.79 Å². The van der Waals surface area contributed by atoms with Crippen LogP contribution < -0.4 is 9.47 Å². The largest absolute Gasteiger partial charge is 0.489 e. The Kier molecular flexibility index (Phi) is 11.4. The SMILES string of the molecule is C=C/C(Cl)=C(C[C@H](OC(=O)Sc1ccccc1C(F)(F)F)c1ccc(OC(F)F)c(OCC2CC2)c1)\C(Cl)=C/C. The van der Waals surface area contributed by atoms with Crippen molar-refractivity contribution in [2.24, 2.45) is 5.92 Å². The van der Waals surface area contributed by atoms with E-state index < -0.39 is 29.8 Å². The van der Waals surface area contributed by atoms with Crippen LogP contribution in [0.15, 0.2) is 81.7 Å². The smallest absolute Gasteiger partial charge is 0.417 e. The summed E-state index contributed by atoms with van der Waals surface area (Å²) in [6, 6.07) is 8.60. The van der Waals surface area contributed by atoms with Gasteiger partial charge >= 0.3 is 18.1 Å². The van der Waals surface area contributed by atoms with Gasteiger partial charge in [-0.15, -0.1) is 0 Å². The van der Waals surface area contributed by atoms with E-state index in [9.17, 15) is 26.7 Å². The molecule has 0 spiro atoms. The van der Waals surface area contributed by atoms with Crippen molar-refractivity contribution >= 4 is 40.3 Å². The molecule has 0 aromatic heterocycles. The van der Waals surface area contributed by atoms with Crippen LogP contribution in [0.5, 0.6) is 11.5 Å². The maximum atomic E-state index is 13.5. The highest BCUT2D eigenvalue weighted by atomic mass is 35.5. The Morgan fingerprint density at radius 1 is 1.15 bits per heavy atom. The topological polar surface area (TPSA) is 44.8 Å². The van der Waals surface area contributed by atoms with Crippen molar-refractivity contribution in [2.45, 2.75) is 50.0 Å². The highest BCUT2D eigenvalue weighted by molar-refractivity contribution is 8.13. The number of halogens is 7. The summed E-state index contributed by atoms with van der Waals surface area (Å²) in [6.45, 7) is 2.44. The van der Waals surface area contributed by atoms with E-state index in [2.05, 4.69) is 11.3 Å².